The molecule has 0 amide bonds. The summed E-state index contributed by atoms with van der Waals surface area (Å²) in [6.45, 7) is 4.13. The quantitative estimate of drug-likeness (QED) is 0.835. The normalized spacial score (nSPS) is 38.2. The molecule has 0 aromatic heterocycles. The van der Waals surface area contributed by atoms with E-state index in [9.17, 15) is 10.2 Å². The van der Waals surface area contributed by atoms with Crippen LogP contribution in [0.15, 0.2) is 55.1 Å². The molecule has 1 fully saturated rings. The molecule has 0 unspecified atom stereocenters. The van der Waals surface area contributed by atoms with Gasteiger partial charge in [-0.1, -0.05) is 48.6 Å². The van der Waals surface area contributed by atoms with Crippen molar-refractivity contribution in [1.82, 2.24) is 0 Å². The molecule has 112 valence electrons. The Hall–Kier alpha value is -1.38. The number of aliphatic hydroxyl groups is 2. The van der Waals surface area contributed by atoms with Crippen molar-refractivity contribution >= 4 is 0 Å². The average Bonchev–Trinajstić information content (AvgIpc) is 2.88. The van der Waals surface area contributed by atoms with Gasteiger partial charge in [0.05, 0.1) is 6.10 Å². The lowest BCUT2D eigenvalue weighted by atomic mass is 9.70. The van der Waals surface area contributed by atoms with Gasteiger partial charge in [-0.3, -0.25) is 0 Å². The van der Waals surface area contributed by atoms with Crippen LogP contribution >= 0.6 is 0 Å². The SMILES string of the molecule is C=C[C@@H]1C[C@H](Cc2ccccc2)[C@@H]2[C@H]1[C@@H](O)C=C[C@H]2CO. The zero-order valence-electron chi connectivity index (χ0n) is 12.3. The second kappa shape index (κ2) is 6.17. The Labute approximate surface area is 126 Å². The predicted octanol–water partition coefficient (Wildman–Crippen LogP) is 2.82. The van der Waals surface area contributed by atoms with Crippen LogP contribution in [-0.2, 0) is 6.42 Å². The molecule has 3 rings (SSSR count). The Balaban J connectivity index is 1.87. The van der Waals surface area contributed by atoms with E-state index in [4.69, 9.17) is 0 Å². The van der Waals surface area contributed by atoms with Gasteiger partial charge in [-0.25, -0.2) is 0 Å². The fourth-order valence-electron chi connectivity index (χ4n) is 4.46. The molecule has 0 saturated heterocycles. The minimum atomic E-state index is -0.401. The first-order valence-corrected chi connectivity index (χ1v) is 7.88. The van der Waals surface area contributed by atoms with Crippen LogP contribution < -0.4 is 0 Å². The first-order valence-electron chi connectivity index (χ1n) is 7.88. The molecule has 2 nitrogen and oxygen atoms in total. The molecule has 0 aliphatic heterocycles. The fraction of sp³-hybridized carbons (Fsp3) is 0.474. The van der Waals surface area contributed by atoms with E-state index >= 15 is 0 Å². The number of aliphatic hydroxyl groups excluding tert-OH is 2. The van der Waals surface area contributed by atoms with E-state index in [0.29, 0.717) is 17.8 Å². The molecule has 1 saturated carbocycles. The highest BCUT2D eigenvalue weighted by Gasteiger charge is 2.48. The maximum Gasteiger partial charge on any atom is 0.0757 e. The highest BCUT2D eigenvalue weighted by atomic mass is 16.3. The Kier molecular flexibility index (Phi) is 4.27. The molecule has 1 aromatic carbocycles. The van der Waals surface area contributed by atoms with Crippen molar-refractivity contribution in [1.29, 1.82) is 0 Å². The Morgan fingerprint density at radius 2 is 1.90 bits per heavy atom. The summed E-state index contributed by atoms with van der Waals surface area (Å²) in [4.78, 5) is 0. The first kappa shape index (κ1) is 14.6. The third kappa shape index (κ3) is 2.70. The topological polar surface area (TPSA) is 40.5 Å². The molecule has 6 atom stereocenters. The summed E-state index contributed by atoms with van der Waals surface area (Å²) in [5.74, 6) is 1.56. The first-order chi connectivity index (χ1) is 10.2. The largest absolute Gasteiger partial charge is 0.396 e. The molecule has 21 heavy (non-hydrogen) atoms. The van der Waals surface area contributed by atoms with Crippen molar-refractivity contribution in [3.63, 3.8) is 0 Å². The summed E-state index contributed by atoms with van der Waals surface area (Å²) in [6.07, 6.45) is 7.55. The molecule has 0 radical (unpaired) electrons. The van der Waals surface area contributed by atoms with Gasteiger partial charge in [0, 0.05) is 12.5 Å². The van der Waals surface area contributed by atoms with Gasteiger partial charge in [-0.2, -0.15) is 0 Å². The summed E-state index contributed by atoms with van der Waals surface area (Å²) in [7, 11) is 0. The van der Waals surface area contributed by atoms with Crippen LogP contribution in [0.5, 0.6) is 0 Å². The van der Waals surface area contributed by atoms with Crippen LogP contribution in [0.1, 0.15) is 12.0 Å². The smallest absolute Gasteiger partial charge is 0.0757 e. The average molecular weight is 284 g/mol. The van der Waals surface area contributed by atoms with Gasteiger partial charge in [0.15, 0.2) is 0 Å². The molecule has 2 N–H and O–H groups in total. The monoisotopic (exact) mass is 284 g/mol. The lowest BCUT2D eigenvalue weighted by molar-refractivity contribution is 0.0544. The van der Waals surface area contributed by atoms with Crippen molar-refractivity contribution in [3.05, 3.63) is 60.7 Å². The van der Waals surface area contributed by atoms with Gasteiger partial charge in [0.25, 0.3) is 0 Å². The summed E-state index contributed by atoms with van der Waals surface area (Å²) in [5.41, 5.74) is 1.34. The highest BCUT2D eigenvalue weighted by molar-refractivity contribution is 5.19. The van der Waals surface area contributed by atoms with E-state index in [2.05, 4.69) is 30.8 Å². The number of rotatable bonds is 4. The van der Waals surface area contributed by atoms with E-state index in [1.54, 1.807) is 0 Å². The molecule has 0 heterocycles. The van der Waals surface area contributed by atoms with Crippen LogP contribution in [0, 0.1) is 29.6 Å². The molecule has 2 heteroatoms. The van der Waals surface area contributed by atoms with E-state index in [0.717, 1.165) is 12.8 Å². The molecule has 0 bridgehead atoms. The number of allylic oxidation sites excluding steroid dienone is 1. The number of hydrogen-bond donors (Lipinski definition) is 2. The van der Waals surface area contributed by atoms with E-state index in [-0.39, 0.29) is 18.4 Å². The molecular formula is C19H24O2. The Bertz CT molecular complexity index is 508. The summed E-state index contributed by atoms with van der Waals surface area (Å²) < 4.78 is 0. The van der Waals surface area contributed by atoms with E-state index < -0.39 is 6.10 Å². The van der Waals surface area contributed by atoms with Gasteiger partial charge >= 0.3 is 0 Å². The second-order valence-corrected chi connectivity index (χ2v) is 6.46. The maximum atomic E-state index is 10.4. The van der Waals surface area contributed by atoms with E-state index in [1.165, 1.54) is 5.56 Å². The molecular weight excluding hydrogens is 260 g/mol. The third-order valence-corrected chi connectivity index (χ3v) is 5.36. The number of hydrogen-bond acceptors (Lipinski definition) is 2. The lowest BCUT2D eigenvalue weighted by Crippen LogP contribution is -2.37. The molecule has 2 aliphatic carbocycles. The highest BCUT2D eigenvalue weighted by Crippen LogP contribution is 2.51. The van der Waals surface area contributed by atoms with Crippen LogP contribution in [0.2, 0.25) is 0 Å². The van der Waals surface area contributed by atoms with Crippen molar-refractivity contribution in [2.45, 2.75) is 18.9 Å². The number of fused-ring (bicyclic) bond motifs is 1. The lowest BCUT2D eigenvalue weighted by Gasteiger charge is -2.36. The Morgan fingerprint density at radius 3 is 2.57 bits per heavy atom. The van der Waals surface area contributed by atoms with Crippen LogP contribution in [-0.4, -0.2) is 22.9 Å². The summed E-state index contributed by atoms with van der Waals surface area (Å²) in [6, 6.07) is 10.5. The minimum Gasteiger partial charge on any atom is -0.396 e. The van der Waals surface area contributed by atoms with Gasteiger partial charge in [0.1, 0.15) is 0 Å². The van der Waals surface area contributed by atoms with E-state index in [1.807, 2.05) is 24.3 Å². The van der Waals surface area contributed by atoms with Gasteiger partial charge in [-0.15, -0.1) is 6.58 Å². The van der Waals surface area contributed by atoms with Crippen LogP contribution in [0.25, 0.3) is 0 Å². The Morgan fingerprint density at radius 1 is 1.14 bits per heavy atom. The third-order valence-electron chi connectivity index (χ3n) is 5.36. The predicted molar refractivity (Wildman–Crippen MR) is 84.6 cm³/mol. The fourth-order valence-corrected chi connectivity index (χ4v) is 4.46. The second-order valence-electron chi connectivity index (χ2n) is 6.46. The zero-order chi connectivity index (χ0) is 14.8. The molecule has 2 aliphatic rings. The van der Waals surface area contributed by atoms with Crippen molar-refractivity contribution in [2.24, 2.45) is 29.6 Å². The van der Waals surface area contributed by atoms with Crippen molar-refractivity contribution in [3.8, 4) is 0 Å². The van der Waals surface area contributed by atoms with Crippen molar-refractivity contribution < 1.29 is 10.2 Å². The number of benzene rings is 1. The van der Waals surface area contributed by atoms with Crippen LogP contribution in [0.4, 0.5) is 0 Å². The summed E-state index contributed by atoms with van der Waals surface area (Å²) >= 11 is 0. The molecule has 0 spiro atoms. The maximum absolute atomic E-state index is 10.4. The molecule has 1 aromatic rings. The zero-order valence-corrected chi connectivity index (χ0v) is 12.3. The summed E-state index contributed by atoms with van der Waals surface area (Å²) in [5, 5.41) is 20.1. The van der Waals surface area contributed by atoms with Gasteiger partial charge in [-0.05, 0) is 42.1 Å². The van der Waals surface area contributed by atoms with Gasteiger partial charge in [0.2, 0.25) is 0 Å². The van der Waals surface area contributed by atoms with Crippen molar-refractivity contribution in [2.75, 3.05) is 6.61 Å². The van der Waals surface area contributed by atoms with Crippen LogP contribution in [0.3, 0.4) is 0 Å². The standard InChI is InChI=1S/C19H24O2/c1-2-14-11-16(10-13-6-4-3-5-7-13)18-15(12-20)8-9-17(21)19(14)18/h2-9,14-21H,1,10-12H2/t14-,15+,16+,17+,18-,19-/m1/s1. The van der Waals surface area contributed by atoms with Gasteiger partial charge < -0.3 is 10.2 Å². The minimum absolute atomic E-state index is 0.164.